The van der Waals surface area contributed by atoms with Crippen LogP contribution in [0.1, 0.15) is 99.9 Å². The average molecular weight is 924 g/mol. The molecule has 0 bridgehead atoms. The fourth-order valence-corrected chi connectivity index (χ4v) is 13.7. The Labute approximate surface area is 425 Å². The van der Waals surface area contributed by atoms with Gasteiger partial charge in [-0.2, -0.15) is 0 Å². The van der Waals surface area contributed by atoms with Gasteiger partial charge >= 0.3 is 0 Å². The summed E-state index contributed by atoms with van der Waals surface area (Å²) in [5.74, 6) is 0. The lowest BCUT2D eigenvalue weighted by Crippen LogP contribution is -2.16. The van der Waals surface area contributed by atoms with Crippen molar-refractivity contribution in [3.63, 3.8) is 0 Å². The van der Waals surface area contributed by atoms with Crippen LogP contribution in [-0.4, -0.2) is 4.98 Å². The molecule has 0 N–H and O–H groups in total. The molecule has 4 aliphatic rings. The minimum atomic E-state index is -0.211. The van der Waals surface area contributed by atoms with E-state index in [0.717, 1.165) is 11.3 Å². The maximum Gasteiger partial charge on any atom is 0.0702 e. The first kappa shape index (κ1) is 43.0. The summed E-state index contributed by atoms with van der Waals surface area (Å²) < 4.78 is 0. The molecule has 0 spiro atoms. The second kappa shape index (κ2) is 14.8. The number of fused-ring (bicyclic) bond motifs is 12. The molecule has 346 valence electrons. The van der Waals surface area contributed by atoms with Crippen molar-refractivity contribution in [3.05, 3.63) is 245 Å². The molecule has 4 aliphatic carbocycles. The highest BCUT2D eigenvalue weighted by Gasteiger charge is 2.40. The molecular formula is C71H57N. The van der Waals surface area contributed by atoms with E-state index >= 15 is 0 Å². The third-order valence-electron chi connectivity index (χ3n) is 17.8. The Kier molecular flexibility index (Phi) is 8.86. The molecule has 0 radical (unpaired) electrons. The first-order chi connectivity index (χ1) is 34.7. The van der Waals surface area contributed by atoms with Crippen LogP contribution in [0.3, 0.4) is 0 Å². The van der Waals surface area contributed by atoms with Crippen LogP contribution in [0, 0.1) is 0 Å². The van der Waals surface area contributed by atoms with E-state index in [1.54, 1.807) is 0 Å². The molecule has 14 rings (SSSR count). The molecule has 1 heteroatoms. The van der Waals surface area contributed by atoms with E-state index < -0.39 is 0 Å². The Balaban J connectivity index is 0.805. The maximum absolute atomic E-state index is 4.79. The molecule has 0 fully saturated rings. The molecule has 72 heavy (non-hydrogen) atoms. The Hall–Kier alpha value is -7.87. The molecule has 0 aliphatic heterocycles. The van der Waals surface area contributed by atoms with Crippen molar-refractivity contribution < 1.29 is 0 Å². The summed E-state index contributed by atoms with van der Waals surface area (Å²) in [6.07, 6.45) is 1.89. The van der Waals surface area contributed by atoms with Gasteiger partial charge in [-0.05, 0) is 188 Å². The van der Waals surface area contributed by atoms with Gasteiger partial charge in [0.1, 0.15) is 0 Å². The van der Waals surface area contributed by atoms with Crippen LogP contribution in [-0.2, 0) is 21.7 Å². The van der Waals surface area contributed by atoms with E-state index in [9.17, 15) is 0 Å². The van der Waals surface area contributed by atoms with Crippen molar-refractivity contribution in [2.75, 3.05) is 0 Å². The van der Waals surface area contributed by atoms with Crippen molar-refractivity contribution in [1.82, 2.24) is 4.98 Å². The fraction of sp³-hybridized carbons (Fsp3) is 0.169. The van der Waals surface area contributed by atoms with Gasteiger partial charge in [0.25, 0.3) is 0 Å². The molecule has 0 saturated heterocycles. The molecule has 1 heterocycles. The largest absolute Gasteiger partial charge is 0.256 e. The monoisotopic (exact) mass is 923 g/mol. The Morgan fingerprint density at radius 2 is 0.514 bits per heavy atom. The lowest BCUT2D eigenvalue weighted by atomic mass is 9.79. The van der Waals surface area contributed by atoms with Crippen LogP contribution < -0.4 is 0 Å². The second-order valence-corrected chi connectivity index (χ2v) is 23.1. The van der Waals surface area contributed by atoms with Crippen LogP contribution >= 0.6 is 0 Å². The molecule has 1 nitrogen and oxygen atoms in total. The molecule has 10 aromatic rings. The van der Waals surface area contributed by atoms with Gasteiger partial charge in [0, 0.05) is 33.4 Å². The summed E-state index contributed by atoms with van der Waals surface area (Å²) in [7, 11) is 0. The Bertz CT molecular complexity index is 3970. The predicted octanol–water partition coefficient (Wildman–Crippen LogP) is 18.6. The van der Waals surface area contributed by atoms with E-state index in [-0.39, 0.29) is 21.7 Å². The summed E-state index contributed by atoms with van der Waals surface area (Å²) in [6.45, 7) is 19.1. The SMILES string of the molecule is CC1(C)c2ccccc2-c2ccc(-c3ccc4c(c3)C(C)(C)c3cc(-c5ccc6c(c5)C(C)(C)c5cc(-c7cc(-c8ccccn8)ccc7-c7ccc8c(c7)C(C)(C)c7ccccc7-8)ccc5-6)ccc3-4)cc21. The lowest BCUT2D eigenvalue weighted by molar-refractivity contribution is 0.659. The first-order valence-corrected chi connectivity index (χ1v) is 25.8. The first-order valence-electron chi connectivity index (χ1n) is 25.8. The van der Waals surface area contributed by atoms with Gasteiger partial charge in [-0.25, -0.2) is 0 Å². The molecule has 0 atom stereocenters. The molecule has 1 aromatic heterocycles. The Morgan fingerprint density at radius 1 is 0.222 bits per heavy atom. The topological polar surface area (TPSA) is 12.9 Å². The standard InChI is InChI=1S/C71H57N/c1-68(2)59-17-11-9-15-50(59)52-28-20-42(36-61(52)68)43-21-29-54-55-30-22-44(38-63(55)70(5,6)62(54)37-43)45-23-31-56-57-33-25-47(41-66(57)71(7,8)64(56)39-45)58-35-48(67-19-13-14-34-72-67)26-27-49(58)46-24-32-53-51-16-10-12-18-60(51)69(3,4)65(53)40-46/h9-41H,1-8H3. The van der Waals surface area contributed by atoms with Gasteiger partial charge in [-0.15, -0.1) is 0 Å². The van der Waals surface area contributed by atoms with Gasteiger partial charge in [-0.3, -0.25) is 4.98 Å². The smallest absolute Gasteiger partial charge is 0.0702 e. The minimum absolute atomic E-state index is 0.0315. The summed E-state index contributed by atoms with van der Waals surface area (Å²) in [6, 6.07) is 74.0. The van der Waals surface area contributed by atoms with Crippen molar-refractivity contribution in [2.45, 2.75) is 77.0 Å². The predicted molar refractivity (Wildman–Crippen MR) is 302 cm³/mol. The van der Waals surface area contributed by atoms with Crippen molar-refractivity contribution in [3.8, 4) is 100 Å². The van der Waals surface area contributed by atoms with Crippen LogP contribution in [0.15, 0.2) is 200 Å². The van der Waals surface area contributed by atoms with E-state index in [4.69, 9.17) is 4.98 Å². The highest BCUT2D eigenvalue weighted by atomic mass is 14.7. The number of pyridine rings is 1. The molecular weight excluding hydrogens is 867 g/mol. The van der Waals surface area contributed by atoms with Crippen LogP contribution in [0.4, 0.5) is 0 Å². The van der Waals surface area contributed by atoms with Gasteiger partial charge < -0.3 is 0 Å². The molecule has 0 amide bonds. The summed E-state index contributed by atoms with van der Waals surface area (Å²) in [4.78, 5) is 4.79. The van der Waals surface area contributed by atoms with Crippen LogP contribution in [0.2, 0.25) is 0 Å². The van der Waals surface area contributed by atoms with E-state index in [2.05, 4.69) is 243 Å². The highest BCUT2D eigenvalue weighted by Crippen LogP contribution is 2.56. The van der Waals surface area contributed by atoms with Crippen molar-refractivity contribution in [2.24, 2.45) is 0 Å². The quantitative estimate of drug-likeness (QED) is 0.168. The molecule has 9 aromatic carbocycles. The van der Waals surface area contributed by atoms with Crippen LogP contribution in [0.25, 0.3) is 100 Å². The van der Waals surface area contributed by atoms with Crippen LogP contribution in [0.5, 0.6) is 0 Å². The molecule has 0 saturated carbocycles. The van der Waals surface area contributed by atoms with Gasteiger partial charge in [0.05, 0.1) is 5.69 Å². The van der Waals surface area contributed by atoms with E-state index in [1.165, 1.54) is 134 Å². The van der Waals surface area contributed by atoms with Gasteiger partial charge in [-0.1, -0.05) is 195 Å². The third kappa shape index (κ3) is 5.97. The van der Waals surface area contributed by atoms with Crippen molar-refractivity contribution in [1.29, 1.82) is 0 Å². The zero-order chi connectivity index (χ0) is 49.1. The second-order valence-electron chi connectivity index (χ2n) is 23.1. The summed E-state index contributed by atoms with van der Waals surface area (Å²) in [5, 5.41) is 0. The Morgan fingerprint density at radius 3 is 0.903 bits per heavy atom. The zero-order valence-corrected chi connectivity index (χ0v) is 42.5. The number of hydrogen-bond acceptors (Lipinski definition) is 1. The highest BCUT2D eigenvalue weighted by molar-refractivity contribution is 5.94. The van der Waals surface area contributed by atoms with E-state index in [1.807, 2.05) is 12.3 Å². The minimum Gasteiger partial charge on any atom is -0.256 e. The average Bonchev–Trinajstić information content (AvgIpc) is 3.97. The van der Waals surface area contributed by atoms with E-state index in [0.29, 0.717) is 0 Å². The number of hydrogen-bond donors (Lipinski definition) is 0. The number of benzene rings is 9. The van der Waals surface area contributed by atoms with Crippen molar-refractivity contribution >= 4 is 0 Å². The summed E-state index contributed by atoms with van der Waals surface area (Å²) in [5.41, 5.74) is 33.5. The van der Waals surface area contributed by atoms with Gasteiger partial charge in [0.2, 0.25) is 0 Å². The number of nitrogens with zero attached hydrogens (tertiary/aromatic N) is 1. The maximum atomic E-state index is 4.79. The zero-order valence-electron chi connectivity index (χ0n) is 42.5. The number of aromatic nitrogens is 1. The normalized spacial score (nSPS) is 15.9. The fourth-order valence-electron chi connectivity index (χ4n) is 13.7. The lowest BCUT2D eigenvalue weighted by Gasteiger charge is -2.24. The molecule has 0 unspecified atom stereocenters. The number of rotatable bonds is 5. The third-order valence-corrected chi connectivity index (χ3v) is 17.8. The van der Waals surface area contributed by atoms with Gasteiger partial charge in [0.15, 0.2) is 0 Å². The summed E-state index contributed by atoms with van der Waals surface area (Å²) >= 11 is 0.